The Morgan fingerprint density at radius 2 is 1.97 bits per heavy atom. The number of amides is 4. The number of nitrogens with zero attached hydrogens (tertiary/aromatic N) is 2. The summed E-state index contributed by atoms with van der Waals surface area (Å²) < 4.78 is 10.5. The molecule has 2 aliphatic rings. The molecule has 1 aromatic carbocycles. The van der Waals surface area contributed by atoms with Gasteiger partial charge in [0.2, 0.25) is 0 Å². The number of aryl methyl sites for hydroxylation is 1. The van der Waals surface area contributed by atoms with E-state index in [1.807, 2.05) is 12.1 Å². The topological polar surface area (TPSA) is 131 Å². The summed E-state index contributed by atoms with van der Waals surface area (Å²) in [5.74, 6) is -1.45. The predicted octanol–water partition coefficient (Wildman–Crippen LogP) is 1.59. The number of fused-ring (bicyclic) bond motifs is 1. The largest absolute Gasteiger partial charge is 0.455 e. The van der Waals surface area contributed by atoms with Gasteiger partial charge in [-0.2, -0.15) is 5.01 Å². The van der Waals surface area contributed by atoms with E-state index in [1.165, 1.54) is 0 Å². The molecule has 0 radical (unpaired) electrons. The Balaban J connectivity index is 1.23. The third kappa shape index (κ3) is 3.98. The number of carbonyl (C=O) groups excluding carboxylic acids is 4. The maximum Gasteiger partial charge on any atom is 0.344 e. The summed E-state index contributed by atoms with van der Waals surface area (Å²) in [6.45, 7) is -0.601. The molecule has 1 saturated heterocycles. The van der Waals surface area contributed by atoms with Gasteiger partial charge in [-0.25, -0.2) is 9.78 Å². The second kappa shape index (κ2) is 8.13. The lowest BCUT2D eigenvalue weighted by Gasteiger charge is -2.30. The number of rotatable bonds is 6. The number of urea groups is 1. The van der Waals surface area contributed by atoms with Gasteiger partial charge in [0.25, 0.3) is 11.8 Å². The molecule has 10 heteroatoms. The van der Waals surface area contributed by atoms with Gasteiger partial charge in [-0.05, 0) is 25.0 Å². The smallest absolute Gasteiger partial charge is 0.344 e. The van der Waals surface area contributed by atoms with E-state index in [9.17, 15) is 19.2 Å². The second-order valence-electron chi connectivity index (χ2n) is 7.48. The van der Waals surface area contributed by atoms with Gasteiger partial charge in [-0.15, -0.1) is 0 Å². The van der Waals surface area contributed by atoms with Crippen LogP contribution >= 0.6 is 0 Å². The summed E-state index contributed by atoms with van der Waals surface area (Å²) in [5, 5.41) is 3.37. The van der Waals surface area contributed by atoms with Gasteiger partial charge in [-0.1, -0.05) is 31.4 Å². The number of hydrogen-bond donors (Lipinski definition) is 2. The molecule has 10 nitrogen and oxygen atoms in total. The van der Waals surface area contributed by atoms with Crippen molar-refractivity contribution in [2.75, 3.05) is 6.61 Å². The molecule has 0 unspecified atom stereocenters. The molecule has 4 amide bonds. The maximum absolute atomic E-state index is 12.6. The van der Waals surface area contributed by atoms with Crippen LogP contribution < -0.4 is 10.7 Å². The number of carbonyl (C=O) groups is 4. The normalized spacial score (nSPS) is 17.9. The van der Waals surface area contributed by atoms with Crippen molar-refractivity contribution in [1.29, 1.82) is 0 Å². The molecule has 1 aliphatic heterocycles. The number of hydrogen-bond acceptors (Lipinski definition) is 7. The second-order valence-corrected chi connectivity index (χ2v) is 7.48. The number of esters is 1. The van der Waals surface area contributed by atoms with Gasteiger partial charge in [0.05, 0.1) is 6.42 Å². The Morgan fingerprint density at radius 1 is 1.20 bits per heavy atom. The third-order valence-electron chi connectivity index (χ3n) is 5.35. The lowest BCUT2D eigenvalue weighted by molar-refractivity contribution is -0.150. The zero-order chi connectivity index (χ0) is 21.1. The number of ether oxygens (including phenoxy) is 1. The van der Waals surface area contributed by atoms with Gasteiger partial charge < -0.3 is 14.5 Å². The van der Waals surface area contributed by atoms with Crippen LogP contribution in [0.3, 0.4) is 0 Å². The van der Waals surface area contributed by atoms with Crippen LogP contribution in [-0.4, -0.2) is 46.0 Å². The highest BCUT2D eigenvalue weighted by atomic mass is 16.5. The predicted molar refractivity (Wildman–Crippen MR) is 103 cm³/mol. The van der Waals surface area contributed by atoms with E-state index >= 15 is 0 Å². The zero-order valence-electron chi connectivity index (χ0n) is 16.3. The molecule has 158 valence electrons. The minimum atomic E-state index is -0.932. The molecule has 1 aliphatic carbocycles. The van der Waals surface area contributed by atoms with Gasteiger partial charge in [-0.3, -0.25) is 19.8 Å². The molecule has 2 heterocycles. The van der Waals surface area contributed by atoms with Crippen molar-refractivity contribution >= 4 is 34.9 Å². The lowest BCUT2D eigenvalue weighted by Crippen LogP contribution is -2.51. The Labute approximate surface area is 171 Å². The average molecular weight is 414 g/mol. The average Bonchev–Trinajstić information content (AvgIpc) is 3.26. The monoisotopic (exact) mass is 414 g/mol. The fraction of sp³-hybridized carbons (Fsp3) is 0.450. The van der Waals surface area contributed by atoms with Crippen molar-refractivity contribution < 1.29 is 28.3 Å². The summed E-state index contributed by atoms with van der Waals surface area (Å²) in [5.41, 5.74) is 2.62. The highest BCUT2D eigenvalue weighted by Gasteiger charge is 2.52. The van der Waals surface area contributed by atoms with Gasteiger partial charge in [0.15, 0.2) is 18.1 Å². The summed E-state index contributed by atoms with van der Waals surface area (Å²) in [4.78, 5) is 53.0. The SMILES string of the molecule is O=C(COC(=O)CCc1nc2ccccc2o1)NN1C(=O)NC2(CCCCC2)C1=O. The minimum absolute atomic E-state index is 0.0215. The van der Waals surface area contributed by atoms with Gasteiger partial charge in [0.1, 0.15) is 11.1 Å². The standard InChI is InChI=1S/C20H22N4O6/c25-15(23-24-18(27)20(22-19(24)28)10-4-1-5-11-20)12-29-17(26)9-8-16-21-13-6-2-3-7-14(13)30-16/h2-3,6-7H,1,4-5,8-12H2,(H,22,28)(H,23,25). The number of benzene rings is 1. The van der Waals surface area contributed by atoms with Crippen LogP contribution in [-0.2, 0) is 25.5 Å². The number of oxazole rings is 1. The Bertz CT molecular complexity index is 961. The number of para-hydroxylation sites is 2. The molecule has 4 rings (SSSR count). The van der Waals surface area contributed by atoms with Crippen LogP contribution in [0.1, 0.15) is 44.4 Å². The number of nitrogens with one attached hydrogen (secondary N) is 2. The van der Waals surface area contributed by atoms with Crippen LogP contribution in [0.15, 0.2) is 28.7 Å². The van der Waals surface area contributed by atoms with Crippen molar-refractivity contribution in [2.45, 2.75) is 50.5 Å². The molecule has 1 aromatic heterocycles. The van der Waals surface area contributed by atoms with Crippen LogP contribution in [0.2, 0.25) is 0 Å². The van der Waals surface area contributed by atoms with Crippen molar-refractivity contribution in [1.82, 2.24) is 20.7 Å². The molecule has 0 atom stereocenters. The molecule has 0 bridgehead atoms. The molecule has 2 N–H and O–H groups in total. The number of imide groups is 1. The Morgan fingerprint density at radius 3 is 2.73 bits per heavy atom. The summed E-state index contributed by atoms with van der Waals surface area (Å²) in [6, 6.07) is 6.58. The van der Waals surface area contributed by atoms with E-state index in [2.05, 4.69) is 15.7 Å². The van der Waals surface area contributed by atoms with Crippen molar-refractivity contribution in [3.05, 3.63) is 30.2 Å². The summed E-state index contributed by atoms with van der Waals surface area (Å²) in [6.07, 6.45) is 3.99. The van der Waals surface area contributed by atoms with Crippen molar-refractivity contribution in [3.8, 4) is 0 Å². The first-order valence-corrected chi connectivity index (χ1v) is 9.93. The van der Waals surface area contributed by atoms with Crippen LogP contribution in [0.4, 0.5) is 4.79 Å². The minimum Gasteiger partial charge on any atom is -0.455 e. The molecule has 1 spiro atoms. The van der Waals surface area contributed by atoms with E-state index in [1.54, 1.807) is 12.1 Å². The zero-order valence-corrected chi connectivity index (χ0v) is 16.3. The van der Waals surface area contributed by atoms with Gasteiger partial charge >= 0.3 is 12.0 Å². The van der Waals surface area contributed by atoms with Crippen LogP contribution in [0, 0.1) is 0 Å². The highest BCUT2D eigenvalue weighted by Crippen LogP contribution is 2.32. The Kier molecular flexibility index (Phi) is 5.39. The Hall–Kier alpha value is -3.43. The molecular formula is C20H22N4O6. The first kappa shape index (κ1) is 19.9. The van der Waals surface area contributed by atoms with Crippen molar-refractivity contribution in [2.24, 2.45) is 0 Å². The van der Waals surface area contributed by atoms with Crippen LogP contribution in [0.25, 0.3) is 11.1 Å². The molecule has 30 heavy (non-hydrogen) atoms. The van der Waals surface area contributed by atoms with Crippen LogP contribution in [0.5, 0.6) is 0 Å². The summed E-state index contributed by atoms with van der Waals surface area (Å²) in [7, 11) is 0. The lowest BCUT2D eigenvalue weighted by atomic mass is 9.82. The van der Waals surface area contributed by atoms with Gasteiger partial charge in [0, 0.05) is 6.42 Å². The fourth-order valence-electron chi connectivity index (χ4n) is 3.83. The highest BCUT2D eigenvalue weighted by molar-refractivity contribution is 6.08. The quantitative estimate of drug-likeness (QED) is 0.542. The third-order valence-corrected chi connectivity index (χ3v) is 5.35. The summed E-state index contributed by atoms with van der Waals surface area (Å²) >= 11 is 0. The molecule has 2 aromatic rings. The number of hydrazine groups is 1. The van der Waals surface area contributed by atoms with E-state index < -0.39 is 36.0 Å². The first-order valence-electron chi connectivity index (χ1n) is 9.93. The molecular weight excluding hydrogens is 392 g/mol. The van der Waals surface area contributed by atoms with E-state index in [0.717, 1.165) is 19.3 Å². The van der Waals surface area contributed by atoms with E-state index in [0.29, 0.717) is 34.8 Å². The number of aromatic nitrogens is 1. The van der Waals surface area contributed by atoms with Crippen molar-refractivity contribution in [3.63, 3.8) is 0 Å². The van der Waals surface area contributed by atoms with E-state index in [-0.39, 0.29) is 12.8 Å². The first-order chi connectivity index (χ1) is 14.5. The van der Waals surface area contributed by atoms with E-state index in [4.69, 9.17) is 9.15 Å². The fourth-order valence-corrected chi connectivity index (χ4v) is 3.83. The molecule has 2 fully saturated rings. The molecule has 1 saturated carbocycles. The maximum atomic E-state index is 12.6.